The molecule has 0 spiro atoms. The van der Waals surface area contributed by atoms with E-state index in [-0.39, 0.29) is 17.3 Å². The Bertz CT molecular complexity index is 805. The first-order valence-corrected chi connectivity index (χ1v) is 6.60. The van der Waals surface area contributed by atoms with Crippen LogP contribution in [0.4, 0.5) is 0 Å². The minimum Gasteiger partial charge on any atom is -0.457 e. The van der Waals surface area contributed by atoms with E-state index in [9.17, 15) is 9.59 Å². The average Bonchev–Trinajstić information content (AvgIpc) is 2.99. The summed E-state index contributed by atoms with van der Waals surface area (Å²) in [6.07, 6.45) is 0. The standard InChI is InChI=1S/C14H7NO3S/c1-6-2-9-12(16)7-3-10-11(19-5-15-10)4-8(7)13(17)14(9)18-6/h2-5H,1H3. The quantitative estimate of drug-likeness (QED) is 0.492. The molecule has 0 unspecified atom stereocenters. The Labute approximate surface area is 111 Å². The highest BCUT2D eigenvalue weighted by Gasteiger charge is 2.33. The second-order valence-electron chi connectivity index (χ2n) is 4.48. The number of hydrogen-bond acceptors (Lipinski definition) is 5. The highest BCUT2D eigenvalue weighted by Crippen LogP contribution is 2.32. The number of fused-ring (bicyclic) bond motifs is 3. The van der Waals surface area contributed by atoms with Crippen LogP contribution >= 0.6 is 11.3 Å². The molecule has 92 valence electrons. The number of aryl methyl sites for hydroxylation is 1. The number of furan rings is 1. The van der Waals surface area contributed by atoms with E-state index in [1.54, 1.807) is 30.6 Å². The van der Waals surface area contributed by atoms with E-state index in [0.717, 1.165) is 10.2 Å². The van der Waals surface area contributed by atoms with Crippen molar-refractivity contribution in [2.45, 2.75) is 6.92 Å². The van der Waals surface area contributed by atoms with Crippen LogP contribution < -0.4 is 0 Å². The molecule has 0 N–H and O–H groups in total. The number of rotatable bonds is 0. The Hall–Kier alpha value is -2.27. The molecule has 0 saturated heterocycles. The predicted molar refractivity (Wildman–Crippen MR) is 69.9 cm³/mol. The molecule has 1 aromatic carbocycles. The third-order valence-electron chi connectivity index (χ3n) is 3.27. The topological polar surface area (TPSA) is 60.2 Å². The Kier molecular flexibility index (Phi) is 1.90. The number of carbonyl (C=O) groups excluding carboxylic acids is 2. The summed E-state index contributed by atoms with van der Waals surface area (Å²) in [4.78, 5) is 28.9. The average molecular weight is 269 g/mol. The highest BCUT2D eigenvalue weighted by molar-refractivity contribution is 7.16. The van der Waals surface area contributed by atoms with Gasteiger partial charge in [-0.15, -0.1) is 11.3 Å². The van der Waals surface area contributed by atoms with Crippen LogP contribution in [-0.4, -0.2) is 16.6 Å². The van der Waals surface area contributed by atoms with Gasteiger partial charge in [0.2, 0.25) is 5.78 Å². The molecule has 0 aliphatic heterocycles. The molecule has 0 atom stereocenters. The summed E-state index contributed by atoms with van der Waals surface area (Å²) < 4.78 is 6.25. The summed E-state index contributed by atoms with van der Waals surface area (Å²) in [7, 11) is 0. The largest absolute Gasteiger partial charge is 0.457 e. The van der Waals surface area contributed by atoms with Gasteiger partial charge in [-0.1, -0.05) is 0 Å². The predicted octanol–water partition coefficient (Wildman–Crippen LogP) is 2.97. The lowest BCUT2D eigenvalue weighted by atomic mass is 9.88. The van der Waals surface area contributed by atoms with Crippen LogP contribution in [0.3, 0.4) is 0 Å². The molecule has 4 rings (SSSR count). The minimum atomic E-state index is -0.229. The number of hydrogen-bond donors (Lipinski definition) is 0. The fourth-order valence-corrected chi connectivity index (χ4v) is 3.10. The SMILES string of the molecule is Cc1cc2c(o1)C(=O)c1cc3scnc3cc1C2=O. The molecule has 3 aromatic rings. The number of benzene rings is 1. The fourth-order valence-electron chi connectivity index (χ4n) is 2.40. The molecule has 4 nitrogen and oxygen atoms in total. The van der Waals surface area contributed by atoms with Crippen LogP contribution in [0.25, 0.3) is 10.2 Å². The lowest BCUT2D eigenvalue weighted by Crippen LogP contribution is -2.19. The van der Waals surface area contributed by atoms with E-state index >= 15 is 0 Å². The van der Waals surface area contributed by atoms with Crippen molar-refractivity contribution < 1.29 is 14.0 Å². The number of ketones is 2. The van der Waals surface area contributed by atoms with Crippen LogP contribution in [0.15, 0.2) is 28.1 Å². The highest BCUT2D eigenvalue weighted by atomic mass is 32.1. The van der Waals surface area contributed by atoms with Gasteiger partial charge < -0.3 is 4.42 Å². The van der Waals surface area contributed by atoms with Crippen molar-refractivity contribution in [3.63, 3.8) is 0 Å². The van der Waals surface area contributed by atoms with E-state index in [1.807, 2.05) is 0 Å². The molecule has 0 saturated carbocycles. The molecule has 2 heterocycles. The van der Waals surface area contributed by atoms with Gasteiger partial charge in [-0.05, 0) is 25.1 Å². The maximum Gasteiger partial charge on any atom is 0.229 e. The van der Waals surface area contributed by atoms with Crippen molar-refractivity contribution in [1.82, 2.24) is 4.98 Å². The van der Waals surface area contributed by atoms with Gasteiger partial charge in [-0.2, -0.15) is 0 Å². The van der Waals surface area contributed by atoms with Gasteiger partial charge in [0.1, 0.15) is 5.76 Å². The smallest absolute Gasteiger partial charge is 0.229 e. The first-order valence-electron chi connectivity index (χ1n) is 5.72. The summed E-state index contributed by atoms with van der Waals surface area (Å²) in [5.41, 5.74) is 3.62. The van der Waals surface area contributed by atoms with Crippen LogP contribution in [0, 0.1) is 6.92 Å². The van der Waals surface area contributed by atoms with Gasteiger partial charge in [0.05, 0.1) is 21.3 Å². The Balaban J connectivity index is 2.08. The maximum absolute atomic E-state index is 12.4. The van der Waals surface area contributed by atoms with Crippen LogP contribution in [0.5, 0.6) is 0 Å². The van der Waals surface area contributed by atoms with Gasteiger partial charge >= 0.3 is 0 Å². The number of aromatic nitrogens is 1. The van der Waals surface area contributed by atoms with Gasteiger partial charge in [-0.3, -0.25) is 9.59 Å². The van der Waals surface area contributed by atoms with E-state index in [4.69, 9.17) is 4.42 Å². The van der Waals surface area contributed by atoms with Crippen molar-refractivity contribution in [2.24, 2.45) is 0 Å². The molecule has 0 radical (unpaired) electrons. The number of nitrogens with zero attached hydrogens (tertiary/aromatic N) is 1. The van der Waals surface area contributed by atoms with E-state index in [2.05, 4.69) is 4.98 Å². The zero-order valence-corrected chi connectivity index (χ0v) is 10.7. The molecule has 1 aliphatic carbocycles. The zero-order chi connectivity index (χ0) is 13.1. The number of carbonyl (C=O) groups is 2. The molecule has 5 heteroatoms. The fraction of sp³-hybridized carbons (Fsp3) is 0.0714. The molecule has 0 bridgehead atoms. The first kappa shape index (κ1) is 10.6. The van der Waals surface area contributed by atoms with Gasteiger partial charge in [-0.25, -0.2) is 4.98 Å². The second-order valence-corrected chi connectivity index (χ2v) is 5.36. The first-order chi connectivity index (χ1) is 9.15. The van der Waals surface area contributed by atoms with Crippen LogP contribution in [0.2, 0.25) is 0 Å². The van der Waals surface area contributed by atoms with Gasteiger partial charge in [0.25, 0.3) is 0 Å². The van der Waals surface area contributed by atoms with Crippen LogP contribution in [-0.2, 0) is 0 Å². The minimum absolute atomic E-state index is 0.152. The Morgan fingerprint density at radius 1 is 1.05 bits per heavy atom. The van der Waals surface area contributed by atoms with Crippen molar-refractivity contribution >= 4 is 33.1 Å². The second kappa shape index (κ2) is 3.39. The Morgan fingerprint density at radius 2 is 1.84 bits per heavy atom. The lowest BCUT2D eigenvalue weighted by molar-refractivity contribution is 0.0960. The molecular formula is C14H7NO3S. The van der Waals surface area contributed by atoms with Gasteiger partial charge in [0, 0.05) is 11.1 Å². The van der Waals surface area contributed by atoms with E-state index in [0.29, 0.717) is 22.5 Å². The molecule has 2 aromatic heterocycles. The normalized spacial score (nSPS) is 13.7. The maximum atomic E-state index is 12.4. The van der Waals surface area contributed by atoms with Crippen molar-refractivity contribution in [3.8, 4) is 0 Å². The molecule has 0 fully saturated rings. The van der Waals surface area contributed by atoms with Crippen molar-refractivity contribution in [1.29, 1.82) is 0 Å². The lowest BCUT2D eigenvalue weighted by Gasteiger charge is -2.12. The van der Waals surface area contributed by atoms with Crippen molar-refractivity contribution in [2.75, 3.05) is 0 Å². The molecule has 1 aliphatic rings. The Morgan fingerprint density at radius 3 is 2.68 bits per heavy atom. The summed E-state index contributed by atoms with van der Waals surface area (Å²) in [5, 5.41) is 0. The zero-order valence-electron chi connectivity index (χ0n) is 9.89. The van der Waals surface area contributed by atoms with Crippen molar-refractivity contribution in [3.05, 3.63) is 51.9 Å². The summed E-state index contributed by atoms with van der Waals surface area (Å²) in [6, 6.07) is 5.03. The summed E-state index contributed by atoms with van der Waals surface area (Å²) in [5.74, 6) is 0.322. The monoisotopic (exact) mass is 269 g/mol. The third-order valence-corrected chi connectivity index (χ3v) is 4.06. The van der Waals surface area contributed by atoms with E-state index < -0.39 is 0 Å². The molecule has 19 heavy (non-hydrogen) atoms. The number of thiazole rings is 1. The third kappa shape index (κ3) is 1.30. The van der Waals surface area contributed by atoms with Gasteiger partial charge in [0.15, 0.2) is 11.5 Å². The summed E-state index contributed by atoms with van der Waals surface area (Å²) in [6.45, 7) is 1.73. The van der Waals surface area contributed by atoms with Crippen LogP contribution in [0.1, 0.15) is 37.8 Å². The molecule has 0 amide bonds. The van der Waals surface area contributed by atoms with E-state index in [1.165, 1.54) is 11.3 Å². The summed E-state index contributed by atoms with van der Waals surface area (Å²) >= 11 is 1.44. The molecular weight excluding hydrogens is 262 g/mol.